The van der Waals surface area contributed by atoms with Gasteiger partial charge in [0.2, 0.25) is 0 Å². The van der Waals surface area contributed by atoms with Gasteiger partial charge in [0.1, 0.15) is 11.9 Å². The Labute approximate surface area is 57.7 Å². The van der Waals surface area contributed by atoms with Crippen LogP contribution < -0.4 is 0 Å². The Morgan fingerprint density at radius 2 is 2.40 bits per heavy atom. The fourth-order valence-corrected chi connectivity index (χ4v) is 0.845. The van der Waals surface area contributed by atoms with Crippen molar-refractivity contribution in [2.75, 3.05) is 6.61 Å². The second-order valence-corrected chi connectivity index (χ2v) is 2.26. The first-order valence-electron chi connectivity index (χ1n) is 3.08. The number of hydrogen-bond donors (Lipinski definition) is 0. The van der Waals surface area contributed by atoms with E-state index < -0.39 is 0 Å². The Kier molecular flexibility index (Phi) is 1.17. The van der Waals surface area contributed by atoms with E-state index in [2.05, 4.69) is 4.98 Å². The van der Waals surface area contributed by atoms with Gasteiger partial charge in [-0.25, -0.2) is 4.39 Å². The third-order valence-electron chi connectivity index (χ3n) is 1.43. The number of hydrogen-bond acceptors (Lipinski definition) is 2. The number of pyridine rings is 1. The highest BCUT2D eigenvalue weighted by Crippen LogP contribution is 2.28. The van der Waals surface area contributed by atoms with E-state index in [1.165, 1.54) is 12.3 Å². The second kappa shape index (κ2) is 2.02. The van der Waals surface area contributed by atoms with Gasteiger partial charge in [-0.15, -0.1) is 0 Å². The lowest BCUT2D eigenvalue weighted by atomic mass is 10.2. The molecule has 0 N–H and O–H groups in total. The molecular weight excluding hydrogens is 133 g/mol. The fourth-order valence-electron chi connectivity index (χ4n) is 0.845. The van der Waals surface area contributed by atoms with Crippen molar-refractivity contribution in [1.29, 1.82) is 0 Å². The van der Waals surface area contributed by atoms with Crippen molar-refractivity contribution in [1.82, 2.24) is 4.98 Å². The molecule has 1 saturated heterocycles. The highest BCUT2D eigenvalue weighted by Gasteiger charge is 2.25. The third kappa shape index (κ3) is 0.998. The van der Waals surface area contributed by atoms with Gasteiger partial charge in [0.15, 0.2) is 0 Å². The van der Waals surface area contributed by atoms with E-state index in [1.807, 2.05) is 0 Å². The zero-order valence-corrected chi connectivity index (χ0v) is 5.25. The minimum Gasteiger partial charge on any atom is -0.368 e. The minimum absolute atomic E-state index is 0.100. The van der Waals surface area contributed by atoms with Crippen LogP contribution >= 0.6 is 0 Å². The lowest BCUT2D eigenvalue weighted by molar-refractivity contribution is 0.414. The average molecular weight is 139 g/mol. The van der Waals surface area contributed by atoms with E-state index in [-0.39, 0.29) is 11.9 Å². The van der Waals surface area contributed by atoms with Crippen molar-refractivity contribution in [3.8, 4) is 0 Å². The summed E-state index contributed by atoms with van der Waals surface area (Å²) >= 11 is 0. The maximum absolute atomic E-state index is 12.4. The molecule has 1 aliphatic rings. The monoisotopic (exact) mass is 139 g/mol. The largest absolute Gasteiger partial charge is 0.368 e. The van der Waals surface area contributed by atoms with Crippen LogP contribution in [0.4, 0.5) is 4.39 Å². The summed E-state index contributed by atoms with van der Waals surface area (Å²) in [5, 5.41) is 0. The van der Waals surface area contributed by atoms with Gasteiger partial charge in [-0.1, -0.05) is 0 Å². The molecule has 10 heavy (non-hydrogen) atoms. The van der Waals surface area contributed by atoms with E-state index in [0.717, 1.165) is 5.56 Å². The molecule has 1 atom stereocenters. The fraction of sp³-hybridized carbons (Fsp3) is 0.286. The van der Waals surface area contributed by atoms with Crippen molar-refractivity contribution in [3.63, 3.8) is 0 Å². The van der Waals surface area contributed by atoms with Gasteiger partial charge in [0.05, 0.1) is 12.8 Å². The molecule has 1 aliphatic heterocycles. The van der Waals surface area contributed by atoms with Gasteiger partial charge in [-0.05, 0) is 6.07 Å². The first-order valence-corrected chi connectivity index (χ1v) is 3.08. The van der Waals surface area contributed by atoms with Gasteiger partial charge in [-0.2, -0.15) is 0 Å². The van der Waals surface area contributed by atoms with Crippen LogP contribution in [0.1, 0.15) is 11.7 Å². The molecule has 0 bridgehead atoms. The summed E-state index contributed by atoms with van der Waals surface area (Å²) in [6.07, 6.45) is 2.91. The summed E-state index contributed by atoms with van der Waals surface area (Å²) in [7, 11) is 0. The van der Waals surface area contributed by atoms with Crippen LogP contribution in [0.25, 0.3) is 0 Å². The van der Waals surface area contributed by atoms with Gasteiger partial charge < -0.3 is 4.74 Å². The summed E-state index contributed by atoms with van der Waals surface area (Å²) < 4.78 is 17.4. The van der Waals surface area contributed by atoms with Gasteiger partial charge in [0.25, 0.3) is 0 Å². The van der Waals surface area contributed by atoms with Gasteiger partial charge in [-0.3, -0.25) is 4.98 Å². The molecule has 0 saturated carbocycles. The Morgan fingerprint density at radius 3 is 3.00 bits per heavy atom. The molecule has 1 fully saturated rings. The highest BCUT2D eigenvalue weighted by molar-refractivity contribution is 5.16. The van der Waals surface area contributed by atoms with Crippen LogP contribution in [-0.4, -0.2) is 11.6 Å². The van der Waals surface area contributed by atoms with Crippen LogP contribution in [0.5, 0.6) is 0 Å². The van der Waals surface area contributed by atoms with E-state index in [0.29, 0.717) is 6.61 Å². The van der Waals surface area contributed by atoms with Crippen molar-refractivity contribution in [3.05, 3.63) is 29.8 Å². The van der Waals surface area contributed by atoms with Crippen molar-refractivity contribution < 1.29 is 9.13 Å². The molecule has 0 aliphatic carbocycles. The number of nitrogens with zero attached hydrogens (tertiary/aromatic N) is 1. The van der Waals surface area contributed by atoms with Crippen LogP contribution in [-0.2, 0) is 4.74 Å². The summed E-state index contributed by atoms with van der Waals surface area (Å²) in [6.45, 7) is 0.700. The molecule has 0 radical (unpaired) electrons. The standard InChI is InChI=1S/C7H6FNO/c8-6-1-5(2-9-3-6)7-4-10-7/h1-3,7H,4H2/t7-/m1/s1. The predicted octanol–water partition coefficient (Wildman–Crippen LogP) is 1.29. The molecule has 1 aromatic heterocycles. The zero-order chi connectivity index (χ0) is 6.97. The van der Waals surface area contributed by atoms with Gasteiger partial charge >= 0.3 is 0 Å². The highest BCUT2D eigenvalue weighted by atomic mass is 19.1. The lowest BCUT2D eigenvalue weighted by Gasteiger charge is -1.91. The lowest BCUT2D eigenvalue weighted by Crippen LogP contribution is -1.84. The van der Waals surface area contributed by atoms with E-state index in [1.54, 1.807) is 6.20 Å². The molecule has 2 nitrogen and oxygen atoms in total. The molecule has 0 spiro atoms. The summed E-state index contributed by atoms with van der Waals surface area (Å²) in [5.74, 6) is -0.298. The summed E-state index contributed by atoms with van der Waals surface area (Å²) in [6, 6.07) is 1.45. The molecule has 2 rings (SSSR count). The SMILES string of the molecule is Fc1cncc([C@H]2CO2)c1. The van der Waals surface area contributed by atoms with E-state index in [4.69, 9.17) is 4.74 Å². The topological polar surface area (TPSA) is 25.4 Å². The van der Waals surface area contributed by atoms with Crippen molar-refractivity contribution in [2.24, 2.45) is 0 Å². The number of rotatable bonds is 1. The maximum atomic E-state index is 12.4. The number of halogens is 1. The summed E-state index contributed by atoms with van der Waals surface area (Å²) in [5.41, 5.74) is 0.833. The average Bonchev–Trinajstić information content (AvgIpc) is 2.68. The summed E-state index contributed by atoms with van der Waals surface area (Å²) in [4.78, 5) is 3.69. The number of aromatic nitrogens is 1. The predicted molar refractivity (Wildman–Crippen MR) is 32.9 cm³/mol. The van der Waals surface area contributed by atoms with Crippen LogP contribution in [0.2, 0.25) is 0 Å². The molecule has 52 valence electrons. The normalized spacial score (nSPS) is 22.7. The Hall–Kier alpha value is -0.960. The van der Waals surface area contributed by atoms with Crippen molar-refractivity contribution in [2.45, 2.75) is 6.10 Å². The molecule has 2 heterocycles. The third-order valence-corrected chi connectivity index (χ3v) is 1.43. The molecule has 1 aromatic rings. The van der Waals surface area contributed by atoms with Gasteiger partial charge in [0, 0.05) is 11.8 Å². The smallest absolute Gasteiger partial charge is 0.141 e. The molecular formula is C7H6FNO. The molecule has 0 unspecified atom stereocenters. The van der Waals surface area contributed by atoms with E-state index in [9.17, 15) is 4.39 Å². The van der Waals surface area contributed by atoms with Crippen LogP contribution in [0.3, 0.4) is 0 Å². The zero-order valence-electron chi connectivity index (χ0n) is 5.25. The molecule has 0 aromatic carbocycles. The van der Waals surface area contributed by atoms with Crippen LogP contribution in [0.15, 0.2) is 18.5 Å². The number of epoxide rings is 1. The van der Waals surface area contributed by atoms with E-state index >= 15 is 0 Å². The quantitative estimate of drug-likeness (QED) is 0.548. The molecule has 3 heteroatoms. The van der Waals surface area contributed by atoms with Crippen molar-refractivity contribution >= 4 is 0 Å². The maximum Gasteiger partial charge on any atom is 0.141 e. The first kappa shape index (κ1) is 5.80. The number of ether oxygens (including phenoxy) is 1. The molecule has 0 amide bonds. The minimum atomic E-state index is -0.298. The Morgan fingerprint density at radius 1 is 1.60 bits per heavy atom. The van der Waals surface area contributed by atoms with Crippen LogP contribution in [0, 0.1) is 5.82 Å². The Bertz CT molecular complexity index is 247. The first-order chi connectivity index (χ1) is 4.86. The Balaban J connectivity index is 2.32. The second-order valence-electron chi connectivity index (χ2n) is 2.26.